The second kappa shape index (κ2) is 4.70. The Morgan fingerprint density at radius 3 is 2.72 bits per heavy atom. The molecule has 0 amide bonds. The van der Waals surface area contributed by atoms with E-state index < -0.39 is 5.97 Å². The van der Waals surface area contributed by atoms with Gasteiger partial charge < -0.3 is 14.4 Å². The van der Waals surface area contributed by atoms with Crippen LogP contribution >= 0.6 is 11.6 Å². The first-order valence-electron chi connectivity index (χ1n) is 5.07. The third-order valence-electron chi connectivity index (χ3n) is 2.54. The lowest BCUT2D eigenvalue weighted by Gasteiger charge is -2.08. The molecule has 0 fully saturated rings. The number of carboxylic acids is 1. The van der Waals surface area contributed by atoms with Crippen molar-refractivity contribution in [2.75, 3.05) is 7.11 Å². The van der Waals surface area contributed by atoms with E-state index in [1.54, 1.807) is 12.1 Å². The molecular formula is C12H10ClNO4. The van der Waals surface area contributed by atoms with Crippen molar-refractivity contribution in [3.05, 3.63) is 34.5 Å². The average Bonchev–Trinajstić information content (AvgIpc) is 2.81. The fourth-order valence-corrected chi connectivity index (χ4v) is 1.83. The Bertz CT molecular complexity index is 606. The van der Waals surface area contributed by atoms with Gasteiger partial charge in [-0.3, -0.25) is 0 Å². The van der Waals surface area contributed by atoms with Crippen LogP contribution in [0.15, 0.2) is 22.7 Å². The number of hydrogen-bond donors (Lipinski definition) is 1. The first-order chi connectivity index (χ1) is 8.52. The molecule has 5 nitrogen and oxygen atoms in total. The predicted molar refractivity (Wildman–Crippen MR) is 65.2 cm³/mol. The molecular weight excluding hydrogens is 258 g/mol. The third-order valence-corrected chi connectivity index (χ3v) is 2.76. The molecule has 94 valence electrons. The maximum atomic E-state index is 10.7. The highest BCUT2D eigenvalue weighted by atomic mass is 35.5. The van der Waals surface area contributed by atoms with Crippen LogP contribution in [0.4, 0.5) is 0 Å². The number of aromatic nitrogens is 1. The van der Waals surface area contributed by atoms with Crippen LogP contribution in [0.5, 0.6) is 5.75 Å². The topological polar surface area (TPSA) is 72.6 Å². The fraction of sp³-hybridized carbons (Fsp3) is 0.167. The predicted octanol–water partition coefficient (Wildman–Crippen LogP) is 3.01. The van der Waals surface area contributed by atoms with Crippen LogP contribution in [-0.4, -0.2) is 23.3 Å². The molecule has 0 radical (unpaired) electrons. The molecule has 0 saturated heterocycles. The lowest BCUT2D eigenvalue weighted by atomic mass is 10.1. The third kappa shape index (κ3) is 2.17. The van der Waals surface area contributed by atoms with E-state index in [0.29, 0.717) is 22.1 Å². The number of rotatable bonds is 3. The zero-order valence-corrected chi connectivity index (χ0v) is 10.5. The van der Waals surface area contributed by atoms with E-state index in [4.69, 9.17) is 26.0 Å². The Labute approximate surface area is 108 Å². The van der Waals surface area contributed by atoms with E-state index in [0.717, 1.165) is 5.56 Å². The van der Waals surface area contributed by atoms with E-state index in [1.165, 1.54) is 13.2 Å². The van der Waals surface area contributed by atoms with Crippen molar-refractivity contribution >= 4 is 17.6 Å². The van der Waals surface area contributed by atoms with E-state index in [1.807, 2.05) is 6.92 Å². The maximum absolute atomic E-state index is 10.7. The molecule has 1 heterocycles. The Morgan fingerprint density at radius 2 is 2.17 bits per heavy atom. The normalized spacial score (nSPS) is 10.4. The molecule has 0 saturated carbocycles. The van der Waals surface area contributed by atoms with Crippen LogP contribution in [0.3, 0.4) is 0 Å². The fourth-order valence-electron chi connectivity index (χ4n) is 1.62. The lowest BCUT2D eigenvalue weighted by Crippen LogP contribution is -1.94. The second-order valence-corrected chi connectivity index (χ2v) is 4.10. The largest absolute Gasteiger partial charge is 0.496 e. The number of benzene rings is 1. The molecule has 0 bridgehead atoms. The molecule has 2 aromatic rings. The Morgan fingerprint density at radius 1 is 1.44 bits per heavy atom. The van der Waals surface area contributed by atoms with Crippen molar-refractivity contribution in [3.63, 3.8) is 0 Å². The molecule has 0 spiro atoms. The zero-order valence-electron chi connectivity index (χ0n) is 9.73. The second-order valence-electron chi connectivity index (χ2n) is 3.66. The summed E-state index contributed by atoms with van der Waals surface area (Å²) in [7, 11) is 1.53. The Kier molecular flexibility index (Phi) is 3.25. The first kappa shape index (κ1) is 12.4. The number of nitrogens with zero attached hydrogens (tertiary/aromatic N) is 1. The molecule has 0 unspecified atom stereocenters. The smallest absolute Gasteiger partial charge is 0.358 e. The minimum atomic E-state index is -1.14. The van der Waals surface area contributed by atoms with Crippen LogP contribution in [0.2, 0.25) is 5.02 Å². The van der Waals surface area contributed by atoms with E-state index in [-0.39, 0.29) is 5.69 Å². The molecule has 0 aliphatic carbocycles. The Balaban J connectivity index is 2.55. The molecule has 6 heteroatoms. The summed E-state index contributed by atoms with van der Waals surface area (Å²) in [5, 5.41) is 12.7. The molecule has 1 aromatic carbocycles. The number of aromatic carboxylic acids is 1. The monoisotopic (exact) mass is 267 g/mol. The van der Waals surface area contributed by atoms with Gasteiger partial charge in [-0.1, -0.05) is 16.8 Å². The van der Waals surface area contributed by atoms with Gasteiger partial charge in [0.1, 0.15) is 5.75 Å². The number of ether oxygens (including phenoxy) is 1. The summed E-state index contributed by atoms with van der Waals surface area (Å²) in [6.07, 6.45) is 0. The van der Waals surface area contributed by atoms with Gasteiger partial charge in [-0.25, -0.2) is 4.79 Å². The summed E-state index contributed by atoms with van der Waals surface area (Å²) < 4.78 is 10.2. The van der Waals surface area contributed by atoms with E-state index in [9.17, 15) is 4.79 Å². The van der Waals surface area contributed by atoms with Gasteiger partial charge in [0.2, 0.25) is 0 Å². The summed E-state index contributed by atoms with van der Waals surface area (Å²) in [5.41, 5.74) is 1.30. The quantitative estimate of drug-likeness (QED) is 0.925. The van der Waals surface area contributed by atoms with E-state index >= 15 is 0 Å². The van der Waals surface area contributed by atoms with Crippen molar-refractivity contribution in [1.82, 2.24) is 5.16 Å². The maximum Gasteiger partial charge on any atom is 0.358 e. The van der Waals surface area contributed by atoms with Crippen LogP contribution in [-0.2, 0) is 0 Å². The van der Waals surface area contributed by atoms with Crippen LogP contribution in [0.1, 0.15) is 16.1 Å². The van der Waals surface area contributed by atoms with Crippen molar-refractivity contribution in [2.45, 2.75) is 6.92 Å². The van der Waals surface area contributed by atoms with Gasteiger partial charge in [-0.2, -0.15) is 0 Å². The highest BCUT2D eigenvalue weighted by molar-refractivity contribution is 6.31. The highest BCUT2D eigenvalue weighted by Gasteiger charge is 2.16. The summed E-state index contributed by atoms with van der Waals surface area (Å²) in [6.45, 7) is 1.83. The van der Waals surface area contributed by atoms with Crippen molar-refractivity contribution < 1.29 is 19.2 Å². The first-order valence-corrected chi connectivity index (χ1v) is 5.45. The molecule has 1 N–H and O–H groups in total. The molecule has 18 heavy (non-hydrogen) atoms. The van der Waals surface area contributed by atoms with Gasteiger partial charge in [0.25, 0.3) is 0 Å². The Hall–Kier alpha value is -2.01. The zero-order chi connectivity index (χ0) is 13.3. The van der Waals surface area contributed by atoms with Crippen molar-refractivity contribution in [3.8, 4) is 17.1 Å². The van der Waals surface area contributed by atoms with Gasteiger partial charge in [-0.15, -0.1) is 0 Å². The van der Waals surface area contributed by atoms with Gasteiger partial charge in [0, 0.05) is 22.2 Å². The summed E-state index contributed by atoms with van der Waals surface area (Å²) in [6, 6.07) is 4.70. The number of methoxy groups -OCH3 is 1. The van der Waals surface area contributed by atoms with Crippen LogP contribution in [0.25, 0.3) is 11.3 Å². The minimum absolute atomic E-state index is 0.150. The van der Waals surface area contributed by atoms with Gasteiger partial charge >= 0.3 is 5.97 Å². The lowest BCUT2D eigenvalue weighted by molar-refractivity contribution is 0.0686. The molecule has 1 aromatic heterocycles. The SMILES string of the molecule is COc1cc(Cl)cc(-c2cc(C(=O)O)no2)c1C. The molecule has 0 aliphatic heterocycles. The van der Waals surface area contributed by atoms with Gasteiger partial charge in [0.15, 0.2) is 11.5 Å². The van der Waals surface area contributed by atoms with Crippen LogP contribution in [0, 0.1) is 6.92 Å². The summed E-state index contributed by atoms with van der Waals surface area (Å²) in [4.78, 5) is 10.7. The van der Waals surface area contributed by atoms with Gasteiger partial charge in [0.05, 0.1) is 7.11 Å². The number of halogens is 1. The van der Waals surface area contributed by atoms with Crippen LogP contribution < -0.4 is 4.74 Å². The standard InChI is InChI=1S/C12H10ClNO4/c1-6-8(3-7(13)4-10(6)17-2)11-5-9(12(15)16)14-18-11/h3-5H,1-2H3,(H,15,16). The van der Waals surface area contributed by atoms with Gasteiger partial charge in [-0.05, 0) is 19.1 Å². The molecule has 0 atom stereocenters. The number of carboxylic acid groups (broad SMARTS) is 1. The van der Waals surface area contributed by atoms with Crippen molar-refractivity contribution in [2.24, 2.45) is 0 Å². The highest BCUT2D eigenvalue weighted by Crippen LogP contribution is 2.33. The number of hydrogen-bond acceptors (Lipinski definition) is 4. The summed E-state index contributed by atoms with van der Waals surface area (Å²) in [5.74, 6) is -0.201. The average molecular weight is 268 g/mol. The minimum Gasteiger partial charge on any atom is -0.496 e. The van der Waals surface area contributed by atoms with E-state index in [2.05, 4.69) is 5.16 Å². The van der Waals surface area contributed by atoms with Crippen molar-refractivity contribution in [1.29, 1.82) is 0 Å². The number of carbonyl (C=O) groups is 1. The summed E-state index contributed by atoms with van der Waals surface area (Å²) >= 11 is 5.96. The molecule has 2 rings (SSSR count). The molecule has 0 aliphatic rings.